The third kappa shape index (κ3) is 5.64. The van der Waals surface area contributed by atoms with Gasteiger partial charge in [0.1, 0.15) is 6.54 Å². The summed E-state index contributed by atoms with van der Waals surface area (Å²) in [6.07, 6.45) is 9.83. The standard InChI is InChI=1S/C14H22N2O3/c1-3-7-16(10-13(17)18)14(19)15-9-12-6-4-5-11(2)8-12/h1,11-12H,4-10H2,2H3,(H,15,19)(H,17,18). The molecule has 2 unspecified atom stereocenters. The number of terminal acetylenes is 1. The van der Waals surface area contributed by atoms with Crippen molar-refractivity contribution in [3.63, 3.8) is 0 Å². The van der Waals surface area contributed by atoms with Gasteiger partial charge in [-0.15, -0.1) is 6.42 Å². The Labute approximate surface area is 114 Å². The second kappa shape index (κ2) is 7.67. The van der Waals surface area contributed by atoms with Crippen LogP contribution in [0.4, 0.5) is 4.79 Å². The van der Waals surface area contributed by atoms with Gasteiger partial charge in [0.15, 0.2) is 0 Å². The summed E-state index contributed by atoms with van der Waals surface area (Å²) < 4.78 is 0. The normalized spacial score (nSPS) is 22.3. The average Bonchev–Trinajstić information content (AvgIpc) is 2.35. The number of carboxylic acids is 1. The van der Waals surface area contributed by atoms with Gasteiger partial charge in [-0.25, -0.2) is 4.79 Å². The molecular formula is C14H22N2O3. The Balaban J connectivity index is 2.39. The summed E-state index contributed by atoms with van der Waals surface area (Å²) >= 11 is 0. The lowest BCUT2D eigenvalue weighted by Gasteiger charge is -2.27. The number of hydrogen-bond acceptors (Lipinski definition) is 2. The van der Waals surface area contributed by atoms with Crippen LogP contribution in [-0.4, -0.2) is 41.6 Å². The molecule has 1 fully saturated rings. The minimum atomic E-state index is -1.06. The number of carbonyl (C=O) groups excluding carboxylic acids is 1. The molecule has 0 bridgehead atoms. The molecule has 1 aliphatic rings. The third-order valence-electron chi connectivity index (χ3n) is 3.48. The Morgan fingerprint density at radius 3 is 2.79 bits per heavy atom. The largest absolute Gasteiger partial charge is 0.480 e. The van der Waals surface area contributed by atoms with E-state index in [0.29, 0.717) is 18.4 Å². The maximum atomic E-state index is 11.8. The van der Waals surface area contributed by atoms with E-state index in [4.69, 9.17) is 11.5 Å². The van der Waals surface area contributed by atoms with Crippen molar-refractivity contribution in [3.05, 3.63) is 0 Å². The summed E-state index contributed by atoms with van der Waals surface area (Å²) in [5.74, 6) is 2.44. The van der Waals surface area contributed by atoms with E-state index in [-0.39, 0.29) is 13.1 Å². The van der Waals surface area contributed by atoms with E-state index in [9.17, 15) is 9.59 Å². The minimum Gasteiger partial charge on any atom is -0.480 e. The highest BCUT2D eigenvalue weighted by molar-refractivity contribution is 5.80. The molecule has 1 saturated carbocycles. The monoisotopic (exact) mass is 266 g/mol. The second-order valence-electron chi connectivity index (χ2n) is 5.28. The SMILES string of the molecule is C#CCN(CC(=O)O)C(=O)NCC1CCCC(C)C1. The number of urea groups is 1. The zero-order valence-electron chi connectivity index (χ0n) is 11.4. The molecule has 0 radical (unpaired) electrons. The molecule has 1 aliphatic carbocycles. The zero-order chi connectivity index (χ0) is 14.3. The molecule has 106 valence electrons. The van der Waals surface area contributed by atoms with Crippen molar-refractivity contribution in [3.8, 4) is 12.3 Å². The first kappa shape index (κ1) is 15.4. The molecule has 2 N–H and O–H groups in total. The Kier molecular flexibility index (Phi) is 6.20. The van der Waals surface area contributed by atoms with E-state index in [1.165, 1.54) is 12.8 Å². The van der Waals surface area contributed by atoms with Gasteiger partial charge >= 0.3 is 12.0 Å². The molecule has 0 heterocycles. The molecule has 0 aromatic heterocycles. The fraction of sp³-hybridized carbons (Fsp3) is 0.714. The van der Waals surface area contributed by atoms with Crippen LogP contribution in [0.15, 0.2) is 0 Å². The molecule has 0 aliphatic heterocycles. The second-order valence-corrected chi connectivity index (χ2v) is 5.28. The van der Waals surface area contributed by atoms with Gasteiger partial charge in [-0.1, -0.05) is 25.7 Å². The molecule has 19 heavy (non-hydrogen) atoms. The summed E-state index contributed by atoms with van der Waals surface area (Å²) in [5, 5.41) is 11.5. The van der Waals surface area contributed by atoms with E-state index in [0.717, 1.165) is 17.7 Å². The van der Waals surface area contributed by atoms with Crippen LogP contribution in [-0.2, 0) is 4.79 Å². The number of amides is 2. The lowest BCUT2D eigenvalue weighted by atomic mass is 9.82. The number of hydrogen-bond donors (Lipinski definition) is 2. The van der Waals surface area contributed by atoms with E-state index < -0.39 is 12.0 Å². The van der Waals surface area contributed by atoms with Gasteiger partial charge in [0.25, 0.3) is 0 Å². The highest BCUT2D eigenvalue weighted by Crippen LogP contribution is 2.27. The molecule has 5 nitrogen and oxygen atoms in total. The molecule has 2 atom stereocenters. The van der Waals surface area contributed by atoms with Crippen LogP contribution in [0.2, 0.25) is 0 Å². The van der Waals surface area contributed by atoms with Crippen molar-refractivity contribution in [2.24, 2.45) is 11.8 Å². The molecular weight excluding hydrogens is 244 g/mol. The summed E-state index contributed by atoms with van der Waals surface area (Å²) in [5.41, 5.74) is 0. The van der Waals surface area contributed by atoms with Crippen LogP contribution in [0.5, 0.6) is 0 Å². The number of carboxylic acid groups (broad SMARTS) is 1. The van der Waals surface area contributed by atoms with Gasteiger partial charge in [-0.05, 0) is 24.7 Å². The Hall–Kier alpha value is -1.70. The van der Waals surface area contributed by atoms with Crippen LogP contribution in [0, 0.1) is 24.2 Å². The highest BCUT2D eigenvalue weighted by atomic mass is 16.4. The van der Waals surface area contributed by atoms with Crippen LogP contribution < -0.4 is 5.32 Å². The quantitative estimate of drug-likeness (QED) is 0.742. The summed E-state index contributed by atoms with van der Waals surface area (Å²) in [7, 11) is 0. The highest BCUT2D eigenvalue weighted by Gasteiger charge is 2.21. The summed E-state index contributed by atoms with van der Waals surface area (Å²) in [6.45, 7) is 2.48. The molecule has 5 heteroatoms. The van der Waals surface area contributed by atoms with E-state index >= 15 is 0 Å². The molecule has 2 amide bonds. The van der Waals surface area contributed by atoms with Crippen LogP contribution in [0.3, 0.4) is 0 Å². The van der Waals surface area contributed by atoms with Crippen molar-refractivity contribution in [2.45, 2.75) is 32.6 Å². The van der Waals surface area contributed by atoms with Crippen molar-refractivity contribution < 1.29 is 14.7 Å². The molecule has 0 aromatic rings. The summed E-state index contributed by atoms with van der Waals surface area (Å²) in [6, 6.07) is -0.390. The van der Waals surface area contributed by atoms with E-state index in [1.807, 2.05) is 0 Å². The molecule has 1 rings (SSSR count). The van der Waals surface area contributed by atoms with E-state index in [2.05, 4.69) is 18.2 Å². The molecule has 0 aromatic carbocycles. The minimum absolute atomic E-state index is 0.0131. The van der Waals surface area contributed by atoms with Gasteiger partial charge in [0.05, 0.1) is 6.54 Å². The number of aliphatic carboxylic acids is 1. The Morgan fingerprint density at radius 1 is 1.47 bits per heavy atom. The van der Waals surface area contributed by atoms with Crippen molar-refractivity contribution >= 4 is 12.0 Å². The Bertz CT molecular complexity index is 362. The number of nitrogens with zero attached hydrogens (tertiary/aromatic N) is 1. The van der Waals surface area contributed by atoms with Gasteiger partial charge in [0, 0.05) is 6.54 Å². The third-order valence-corrected chi connectivity index (χ3v) is 3.48. The number of rotatable bonds is 5. The predicted octanol–water partition coefficient (Wildman–Crippen LogP) is 1.54. The van der Waals surface area contributed by atoms with Crippen molar-refractivity contribution in [2.75, 3.05) is 19.6 Å². The Morgan fingerprint density at radius 2 is 2.21 bits per heavy atom. The zero-order valence-corrected chi connectivity index (χ0v) is 11.4. The first-order valence-corrected chi connectivity index (χ1v) is 6.71. The number of nitrogens with one attached hydrogen (secondary N) is 1. The van der Waals surface area contributed by atoms with Gasteiger partial charge < -0.3 is 15.3 Å². The van der Waals surface area contributed by atoms with Crippen LogP contribution >= 0.6 is 0 Å². The average molecular weight is 266 g/mol. The predicted molar refractivity (Wildman–Crippen MR) is 72.6 cm³/mol. The maximum Gasteiger partial charge on any atom is 0.323 e. The topological polar surface area (TPSA) is 69.6 Å². The number of carbonyl (C=O) groups is 2. The smallest absolute Gasteiger partial charge is 0.323 e. The fourth-order valence-electron chi connectivity index (χ4n) is 2.56. The lowest BCUT2D eigenvalue weighted by molar-refractivity contribution is -0.137. The van der Waals surface area contributed by atoms with Gasteiger partial charge in [0.2, 0.25) is 0 Å². The lowest BCUT2D eigenvalue weighted by Crippen LogP contribution is -2.44. The maximum absolute atomic E-state index is 11.8. The first-order valence-electron chi connectivity index (χ1n) is 6.71. The van der Waals surface area contributed by atoms with Crippen LogP contribution in [0.1, 0.15) is 32.6 Å². The first-order chi connectivity index (χ1) is 9.02. The fourth-order valence-corrected chi connectivity index (χ4v) is 2.56. The van der Waals surface area contributed by atoms with Crippen molar-refractivity contribution in [1.82, 2.24) is 10.2 Å². The summed E-state index contributed by atoms with van der Waals surface area (Å²) in [4.78, 5) is 23.6. The van der Waals surface area contributed by atoms with Gasteiger partial charge in [-0.3, -0.25) is 4.79 Å². The van der Waals surface area contributed by atoms with Crippen molar-refractivity contribution in [1.29, 1.82) is 0 Å². The van der Waals surface area contributed by atoms with E-state index in [1.54, 1.807) is 0 Å². The van der Waals surface area contributed by atoms with Gasteiger partial charge in [-0.2, -0.15) is 0 Å². The molecule has 0 saturated heterocycles. The molecule has 0 spiro atoms. The van der Waals surface area contributed by atoms with Crippen LogP contribution in [0.25, 0.3) is 0 Å².